The van der Waals surface area contributed by atoms with Crippen molar-refractivity contribution < 1.29 is 5.11 Å². The number of likely N-dealkylation sites (N-methyl/N-ethyl adjacent to an activating group) is 1. The van der Waals surface area contributed by atoms with E-state index in [1.54, 1.807) is 17.9 Å². The van der Waals surface area contributed by atoms with E-state index in [0.29, 0.717) is 6.54 Å². The molecule has 0 spiro atoms. The Labute approximate surface area is 65.8 Å². The molecule has 2 N–H and O–H groups in total. The molecule has 1 unspecified atom stereocenters. The summed E-state index contributed by atoms with van der Waals surface area (Å²) in [6.45, 7) is 0.561. The van der Waals surface area contributed by atoms with Gasteiger partial charge in [0.05, 0.1) is 12.3 Å². The van der Waals surface area contributed by atoms with Gasteiger partial charge in [0.15, 0.2) is 0 Å². The van der Waals surface area contributed by atoms with Gasteiger partial charge in [-0.1, -0.05) is 0 Å². The summed E-state index contributed by atoms with van der Waals surface area (Å²) < 4.78 is 1.67. The molecule has 4 heteroatoms. The quantitative estimate of drug-likeness (QED) is 0.628. The summed E-state index contributed by atoms with van der Waals surface area (Å²) in [4.78, 5) is 0. The number of hydrogen-bond acceptors (Lipinski definition) is 3. The molecule has 0 saturated carbocycles. The SMILES string of the molecule is CNCC(O)c1cnn(C)c1. The molecule has 62 valence electrons. The first kappa shape index (κ1) is 8.23. The summed E-state index contributed by atoms with van der Waals surface area (Å²) in [6, 6.07) is 0. The van der Waals surface area contributed by atoms with Gasteiger partial charge in [-0.2, -0.15) is 5.10 Å². The topological polar surface area (TPSA) is 50.1 Å². The fourth-order valence-electron chi connectivity index (χ4n) is 0.923. The number of aliphatic hydroxyl groups is 1. The van der Waals surface area contributed by atoms with Gasteiger partial charge in [0.1, 0.15) is 0 Å². The molecule has 0 aliphatic heterocycles. The van der Waals surface area contributed by atoms with Crippen molar-refractivity contribution >= 4 is 0 Å². The summed E-state index contributed by atoms with van der Waals surface area (Å²) in [5.74, 6) is 0. The molecule has 0 radical (unpaired) electrons. The third kappa shape index (κ3) is 2.03. The molecule has 11 heavy (non-hydrogen) atoms. The van der Waals surface area contributed by atoms with Crippen molar-refractivity contribution in [2.45, 2.75) is 6.10 Å². The lowest BCUT2D eigenvalue weighted by molar-refractivity contribution is 0.177. The Hall–Kier alpha value is -0.870. The van der Waals surface area contributed by atoms with Gasteiger partial charge >= 0.3 is 0 Å². The molecule has 0 fully saturated rings. The molecular weight excluding hydrogens is 142 g/mol. The van der Waals surface area contributed by atoms with Crippen molar-refractivity contribution in [3.05, 3.63) is 18.0 Å². The van der Waals surface area contributed by atoms with Gasteiger partial charge in [0, 0.05) is 25.4 Å². The van der Waals surface area contributed by atoms with Crippen LogP contribution in [0.25, 0.3) is 0 Å². The predicted octanol–water partition coefficient (Wildman–Crippen LogP) is -0.327. The van der Waals surface area contributed by atoms with Crippen LogP contribution in [0.1, 0.15) is 11.7 Å². The van der Waals surface area contributed by atoms with Gasteiger partial charge in [-0.3, -0.25) is 4.68 Å². The van der Waals surface area contributed by atoms with Crippen molar-refractivity contribution in [2.24, 2.45) is 7.05 Å². The molecule has 0 saturated heterocycles. The molecule has 1 aromatic heterocycles. The van der Waals surface area contributed by atoms with Gasteiger partial charge in [0.25, 0.3) is 0 Å². The fourth-order valence-corrected chi connectivity index (χ4v) is 0.923. The first-order valence-corrected chi connectivity index (χ1v) is 3.55. The summed E-state index contributed by atoms with van der Waals surface area (Å²) in [5, 5.41) is 16.3. The van der Waals surface area contributed by atoms with Gasteiger partial charge < -0.3 is 10.4 Å². The van der Waals surface area contributed by atoms with E-state index in [1.165, 1.54) is 0 Å². The van der Waals surface area contributed by atoms with Crippen molar-refractivity contribution in [3.8, 4) is 0 Å². The molecular formula is C7H13N3O. The van der Waals surface area contributed by atoms with Crippen LogP contribution in [-0.2, 0) is 7.05 Å². The maximum atomic E-state index is 9.42. The van der Waals surface area contributed by atoms with Crippen LogP contribution in [0.5, 0.6) is 0 Å². The number of aromatic nitrogens is 2. The maximum absolute atomic E-state index is 9.42. The van der Waals surface area contributed by atoms with E-state index in [-0.39, 0.29) is 0 Å². The Balaban J connectivity index is 2.60. The Kier molecular flexibility index (Phi) is 2.62. The van der Waals surface area contributed by atoms with Crippen LogP contribution in [0.4, 0.5) is 0 Å². The molecule has 0 aliphatic rings. The average molecular weight is 155 g/mol. The zero-order valence-electron chi connectivity index (χ0n) is 6.78. The van der Waals surface area contributed by atoms with Gasteiger partial charge in [-0.05, 0) is 7.05 Å². The Bertz CT molecular complexity index is 221. The van der Waals surface area contributed by atoms with Crippen molar-refractivity contribution in [1.82, 2.24) is 15.1 Å². The molecule has 1 atom stereocenters. The van der Waals surface area contributed by atoms with Crippen LogP contribution in [0.3, 0.4) is 0 Å². The van der Waals surface area contributed by atoms with Gasteiger partial charge in [0.2, 0.25) is 0 Å². The molecule has 1 heterocycles. The lowest BCUT2D eigenvalue weighted by atomic mass is 10.2. The Morgan fingerprint density at radius 1 is 1.82 bits per heavy atom. The monoisotopic (exact) mass is 155 g/mol. The number of hydrogen-bond donors (Lipinski definition) is 2. The zero-order valence-corrected chi connectivity index (χ0v) is 6.78. The molecule has 0 aliphatic carbocycles. The van der Waals surface area contributed by atoms with Crippen molar-refractivity contribution in [2.75, 3.05) is 13.6 Å². The third-order valence-corrected chi connectivity index (χ3v) is 1.51. The second kappa shape index (κ2) is 3.50. The molecule has 1 aromatic rings. The van der Waals surface area contributed by atoms with Crippen LogP contribution >= 0.6 is 0 Å². The van der Waals surface area contributed by atoms with E-state index >= 15 is 0 Å². The summed E-state index contributed by atoms with van der Waals surface area (Å²) in [5.41, 5.74) is 0.849. The highest BCUT2D eigenvalue weighted by Crippen LogP contribution is 2.08. The lowest BCUT2D eigenvalue weighted by Gasteiger charge is -2.05. The minimum Gasteiger partial charge on any atom is -0.387 e. The van der Waals surface area contributed by atoms with Crippen LogP contribution < -0.4 is 5.32 Å². The van der Waals surface area contributed by atoms with E-state index in [2.05, 4.69) is 10.4 Å². The highest BCUT2D eigenvalue weighted by molar-refractivity contribution is 5.07. The Morgan fingerprint density at radius 3 is 3.00 bits per heavy atom. The predicted molar refractivity (Wildman–Crippen MR) is 42.1 cm³/mol. The summed E-state index contributed by atoms with van der Waals surface area (Å²) in [7, 11) is 3.63. The molecule has 1 rings (SSSR count). The minimum absolute atomic E-state index is 0.450. The van der Waals surface area contributed by atoms with Crippen LogP contribution in [0.15, 0.2) is 12.4 Å². The normalized spacial score (nSPS) is 13.4. The molecule has 0 aromatic carbocycles. The number of nitrogens with zero attached hydrogens (tertiary/aromatic N) is 2. The Morgan fingerprint density at radius 2 is 2.55 bits per heavy atom. The summed E-state index contributed by atoms with van der Waals surface area (Å²) in [6.07, 6.45) is 3.03. The number of aryl methyl sites for hydroxylation is 1. The zero-order chi connectivity index (χ0) is 8.27. The van der Waals surface area contributed by atoms with Gasteiger partial charge in [-0.25, -0.2) is 0 Å². The number of aliphatic hydroxyl groups excluding tert-OH is 1. The molecule has 4 nitrogen and oxygen atoms in total. The largest absolute Gasteiger partial charge is 0.387 e. The van der Waals surface area contributed by atoms with E-state index < -0.39 is 6.10 Å². The van der Waals surface area contributed by atoms with Crippen LogP contribution in [-0.4, -0.2) is 28.5 Å². The van der Waals surface area contributed by atoms with Crippen LogP contribution in [0.2, 0.25) is 0 Å². The second-order valence-corrected chi connectivity index (χ2v) is 2.52. The standard InChI is InChI=1S/C7H13N3O/c1-8-4-7(11)6-3-9-10(2)5-6/h3,5,7-8,11H,4H2,1-2H3. The average Bonchev–Trinajstić information content (AvgIpc) is 2.36. The van der Waals surface area contributed by atoms with Gasteiger partial charge in [-0.15, -0.1) is 0 Å². The molecule has 0 amide bonds. The minimum atomic E-state index is -0.450. The highest BCUT2D eigenvalue weighted by atomic mass is 16.3. The maximum Gasteiger partial charge on any atom is 0.0944 e. The smallest absolute Gasteiger partial charge is 0.0944 e. The summed E-state index contributed by atoms with van der Waals surface area (Å²) >= 11 is 0. The van der Waals surface area contributed by atoms with E-state index in [0.717, 1.165) is 5.56 Å². The van der Waals surface area contributed by atoms with E-state index in [1.807, 2.05) is 13.2 Å². The first-order valence-electron chi connectivity index (χ1n) is 3.55. The second-order valence-electron chi connectivity index (χ2n) is 2.52. The lowest BCUT2D eigenvalue weighted by Crippen LogP contribution is -2.16. The van der Waals surface area contributed by atoms with Crippen molar-refractivity contribution in [1.29, 1.82) is 0 Å². The van der Waals surface area contributed by atoms with E-state index in [9.17, 15) is 5.11 Å². The highest BCUT2D eigenvalue weighted by Gasteiger charge is 2.06. The van der Waals surface area contributed by atoms with E-state index in [4.69, 9.17) is 0 Å². The third-order valence-electron chi connectivity index (χ3n) is 1.51. The molecule has 0 bridgehead atoms. The number of rotatable bonds is 3. The first-order chi connectivity index (χ1) is 5.24. The van der Waals surface area contributed by atoms with Crippen molar-refractivity contribution in [3.63, 3.8) is 0 Å². The number of nitrogens with one attached hydrogen (secondary N) is 1. The fraction of sp³-hybridized carbons (Fsp3) is 0.571. The van der Waals surface area contributed by atoms with Crippen LogP contribution in [0, 0.1) is 0 Å².